The van der Waals surface area contributed by atoms with Crippen LogP contribution in [0.1, 0.15) is 48.0 Å². The molecule has 0 rings (SSSR count). The molecule has 0 unspecified atom stereocenters. The van der Waals surface area contributed by atoms with Crippen LogP contribution in [-0.2, 0) is 38.1 Å². The number of carbonyl (C=O) groups is 1. The summed E-state index contributed by atoms with van der Waals surface area (Å²) in [4.78, 5) is 11.9. The van der Waals surface area contributed by atoms with Gasteiger partial charge in [0.25, 0.3) is 0 Å². The Bertz CT molecular complexity index is 897. The maximum Gasteiger partial charge on any atom is 0.500 e. The van der Waals surface area contributed by atoms with Crippen LogP contribution < -0.4 is 5.32 Å². The largest absolute Gasteiger partial charge is 0.500 e. The first-order valence-corrected chi connectivity index (χ1v) is 17.5. The SMILES string of the molecule is CCO[Si](CCCNC(=O)OCC[N+](CC)(CC)CC)(OCC)OCC.O=S(=O)([N-]S(=O)(=O)C(F)(F)F)C(F)(F)F. The second kappa shape index (κ2) is 18.4. The van der Waals surface area contributed by atoms with Crippen molar-refractivity contribution in [2.24, 2.45) is 0 Å². The first-order valence-electron chi connectivity index (χ1n) is 12.7. The summed E-state index contributed by atoms with van der Waals surface area (Å²) in [5.74, 6) is 0. The summed E-state index contributed by atoms with van der Waals surface area (Å²) in [6.07, 6.45) is 0.378. The number of quaternary nitrogens is 1. The van der Waals surface area contributed by atoms with Crippen LogP contribution in [0.15, 0.2) is 0 Å². The molecule has 0 aromatic rings. The quantitative estimate of drug-likeness (QED) is 0.0983. The summed E-state index contributed by atoms with van der Waals surface area (Å²) in [6, 6.07) is 0.685. The van der Waals surface area contributed by atoms with Gasteiger partial charge in [-0.1, -0.05) is 0 Å². The first kappa shape index (κ1) is 41.9. The number of hydrogen-bond acceptors (Lipinski definition) is 9. The second-order valence-corrected chi connectivity index (χ2v) is 14.2. The van der Waals surface area contributed by atoms with Gasteiger partial charge in [-0.25, -0.2) is 21.6 Å². The Hall–Kier alpha value is -1.23. The molecule has 12 nitrogen and oxygen atoms in total. The molecule has 0 heterocycles. The number of hydrogen-bond donors (Lipinski definition) is 1. The Labute approximate surface area is 239 Å². The van der Waals surface area contributed by atoms with Crippen molar-refractivity contribution in [1.82, 2.24) is 5.32 Å². The van der Waals surface area contributed by atoms with E-state index in [1.165, 1.54) is 0 Å². The molecule has 0 aromatic heterocycles. The van der Waals surface area contributed by atoms with Gasteiger partial charge in [0.1, 0.15) is 13.2 Å². The van der Waals surface area contributed by atoms with Crippen LogP contribution in [0, 0.1) is 0 Å². The van der Waals surface area contributed by atoms with E-state index >= 15 is 0 Å². The summed E-state index contributed by atoms with van der Waals surface area (Å²) in [5.41, 5.74) is -12.4. The number of rotatable bonds is 18. The lowest BCUT2D eigenvalue weighted by atomic mass is 10.3. The third-order valence-corrected chi connectivity index (χ3v) is 11.5. The highest BCUT2D eigenvalue weighted by molar-refractivity contribution is 8.13. The van der Waals surface area contributed by atoms with Crippen LogP contribution >= 0.6 is 0 Å². The molecule has 21 heteroatoms. The van der Waals surface area contributed by atoms with Crippen LogP contribution in [0.4, 0.5) is 31.1 Å². The van der Waals surface area contributed by atoms with Crippen LogP contribution in [-0.4, -0.2) is 106 Å². The number of carbonyl (C=O) groups excluding carboxylic acids is 1. The van der Waals surface area contributed by atoms with E-state index in [0.717, 1.165) is 41.2 Å². The van der Waals surface area contributed by atoms with Crippen molar-refractivity contribution < 1.29 is 70.5 Å². The monoisotopic (exact) mass is 673 g/mol. The predicted octanol–water partition coefficient (Wildman–Crippen LogP) is 4.09. The Kier molecular flexibility index (Phi) is 18.8. The lowest BCUT2D eigenvalue weighted by Gasteiger charge is -2.35. The van der Waals surface area contributed by atoms with E-state index in [0.29, 0.717) is 39.0 Å². The fourth-order valence-corrected chi connectivity index (χ4v) is 7.56. The number of alkyl carbamates (subject to hydrolysis) is 1. The molecule has 1 N–H and O–H groups in total. The maximum absolute atomic E-state index is 11.9. The fourth-order valence-electron chi connectivity index (χ4n) is 3.24. The molecule has 0 radical (unpaired) electrons. The molecule has 248 valence electrons. The summed E-state index contributed by atoms with van der Waals surface area (Å²) < 4.78 is 133. The third kappa shape index (κ3) is 15.2. The number of likely N-dealkylation sites (N-methyl/N-ethyl adjacent to an activating group) is 1. The van der Waals surface area contributed by atoms with Crippen molar-refractivity contribution in [2.75, 3.05) is 59.2 Å². The van der Waals surface area contributed by atoms with E-state index in [9.17, 15) is 48.0 Å². The minimum Gasteiger partial charge on any atom is -0.444 e. The Morgan fingerprint density at radius 3 is 1.49 bits per heavy atom. The summed E-state index contributed by atoms with van der Waals surface area (Å²) in [7, 11) is -16.1. The Balaban J connectivity index is 0. The van der Waals surface area contributed by atoms with Crippen LogP contribution in [0.5, 0.6) is 0 Å². The molecule has 0 saturated carbocycles. The average Bonchev–Trinajstić information content (AvgIpc) is 2.84. The molecular formula is C20H41F6N3O9S2Si. The van der Waals surface area contributed by atoms with Crippen molar-refractivity contribution in [3.05, 3.63) is 4.13 Å². The van der Waals surface area contributed by atoms with Gasteiger partial charge in [0, 0.05) is 32.4 Å². The van der Waals surface area contributed by atoms with Crippen molar-refractivity contribution in [1.29, 1.82) is 0 Å². The lowest BCUT2D eigenvalue weighted by molar-refractivity contribution is -0.923. The van der Waals surface area contributed by atoms with E-state index in [1.54, 1.807) is 0 Å². The Morgan fingerprint density at radius 2 is 1.17 bits per heavy atom. The molecule has 0 aliphatic rings. The Morgan fingerprint density at radius 1 is 0.780 bits per heavy atom. The number of sulfonamides is 2. The normalized spacial score (nSPS) is 13.4. The zero-order chi connectivity index (χ0) is 32.6. The van der Waals surface area contributed by atoms with E-state index in [2.05, 4.69) is 26.1 Å². The number of nitrogens with zero attached hydrogens (tertiary/aromatic N) is 2. The van der Waals surface area contributed by atoms with Crippen molar-refractivity contribution >= 4 is 34.9 Å². The molecule has 0 aromatic carbocycles. The molecule has 0 saturated heterocycles. The molecule has 0 fully saturated rings. The zero-order valence-electron chi connectivity index (χ0n) is 23.9. The zero-order valence-corrected chi connectivity index (χ0v) is 26.6. The van der Waals surface area contributed by atoms with Gasteiger partial charge < -0.3 is 31.9 Å². The van der Waals surface area contributed by atoms with Crippen molar-refractivity contribution in [2.45, 2.75) is 65.0 Å². The molecule has 0 spiro atoms. The minimum atomic E-state index is -6.72. The molecule has 41 heavy (non-hydrogen) atoms. The van der Waals surface area contributed by atoms with Gasteiger partial charge in [-0.15, -0.1) is 0 Å². The summed E-state index contributed by atoms with van der Waals surface area (Å²) in [5, 5.41) is 2.81. The van der Waals surface area contributed by atoms with Gasteiger partial charge in [-0.05, 0) is 48.0 Å². The van der Waals surface area contributed by atoms with Crippen molar-refractivity contribution in [3.8, 4) is 0 Å². The summed E-state index contributed by atoms with van der Waals surface area (Å²) in [6.45, 7) is 19.0. The number of alkyl halides is 6. The van der Waals surface area contributed by atoms with Gasteiger partial charge >= 0.3 is 25.9 Å². The molecular weight excluding hydrogens is 632 g/mol. The van der Waals surface area contributed by atoms with Gasteiger partial charge in [-0.3, -0.25) is 0 Å². The smallest absolute Gasteiger partial charge is 0.444 e. The third-order valence-electron chi connectivity index (χ3n) is 5.61. The number of ether oxygens (including phenoxy) is 1. The molecule has 0 atom stereocenters. The van der Waals surface area contributed by atoms with Crippen LogP contribution in [0.2, 0.25) is 6.04 Å². The number of halogens is 6. The molecule has 0 bridgehead atoms. The highest BCUT2D eigenvalue weighted by atomic mass is 32.3. The van der Waals surface area contributed by atoms with Gasteiger partial charge in [0.05, 0.1) is 19.6 Å². The van der Waals surface area contributed by atoms with E-state index in [-0.39, 0.29) is 6.09 Å². The number of nitrogens with one attached hydrogen (secondary N) is 1. The maximum atomic E-state index is 11.9. The topological polar surface area (TPSA) is 148 Å². The van der Waals surface area contributed by atoms with Crippen LogP contribution in [0.25, 0.3) is 4.13 Å². The molecule has 1 amide bonds. The van der Waals surface area contributed by atoms with Crippen LogP contribution in [0.3, 0.4) is 0 Å². The lowest BCUT2D eigenvalue weighted by Crippen LogP contribution is -2.50. The van der Waals surface area contributed by atoms with Crippen molar-refractivity contribution in [3.63, 3.8) is 0 Å². The van der Waals surface area contributed by atoms with E-state index in [4.69, 9.17) is 18.0 Å². The molecule has 0 aliphatic carbocycles. The highest BCUT2D eigenvalue weighted by Gasteiger charge is 2.47. The second-order valence-electron chi connectivity index (χ2n) is 8.08. The average molecular weight is 674 g/mol. The van der Waals surface area contributed by atoms with E-state index in [1.807, 2.05) is 20.8 Å². The number of amides is 1. The first-order chi connectivity index (χ1) is 18.7. The predicted molar refractivity (Wildman–Crippen MR) is 139 cm³/mol. The minimum absolute atomic E-state index is 0.358. The summed E-state index contributed by atoms with van der Waals surface area (Å²) >= 11 is 0. The van der Waals surface area contributed by atoms with Gasteiger partial charge in [0.15, 0.2) is 20.0 Å². The van der Waals surface area contributed by atoms with Gasteiger partial charge in [-0.2, -0.15) is 26.3 Å². The highest BCUT2D eigenvalue weighted by Crippen LogP contribution is 2.36. The molecule has 0 aliphatic heterocycles. The standard InChI is InChI=1S/C18H40N2O5Si.C2F6NO4S2/c1-7-20(8-2,9-3)15-16-22-18(21)19-14-13-17-26(23-10-4,24-11-5)25-12-6;3-1(4,5)14(10,11)9-15(12,13)2(6,7)8/h7-17H2,1-6H3;/q;-1/p+1. The van der Waals surface area contributed by atoms with E-state index < -0.39 is 39.9 Å². The van der Waals surface area contributed by atoms with Gasteiger partial charge in [0.2, 0.25) is 0 Å². The fraction of sp³-hybridized carbons (Fsp3) is 0.950.